The molecule has 1 aromatic heterocycles. The third kappa shape index (κ3) is 2.09. The Morgan fingerprint density at radius 1 is 1.56 bits per heavy atom. The monoisotopic (exact) mass is 220 g/mol. The number of hydrogen-bond acceptors (Lipinski definition) is 4. The molecule has 0 N–H and O–H groups in total. The van der Waals surface area contributed by atoms with Gasteiger partial charge in [-0.25, -0.2) is 4.98 Å². The molecule has 0 aliphatic carbocycles. The molecular weight excluding hydrogens is 208 g/mol. The first-order valence-corrected chi connectivity index (χ1v) is 5.06. The second-order valence-electron chi connectivity index (χ2n) is 3.69. The third-order valence-corrected chi connectivity index (χ3v) is 2.47. The van der Waals surface area contributed by atoms with Crippen LogP contribution in [-0.4, -0.2) is 23.1 Å². The first-order chi connectivity index (χ1) is 7.68. The molecule has 5 nitrogen and oxygen atoms in total. The highest BCUT2D eigenvalue weighted by Crippen LogP contribution is 2.28. The third-order valence-electron chi connectivity index (χ3n) is 2.47. The summed E-state index contributed by atoms with van der Waals surface area (Å²) in [6.07, 6.45) is 4.18. The molecule has 0 aromatic carbocycles. The standard InChI is InChI=1S/C11H12N2O3/c1-8-6-10(13(14)15)11(12-7-8)9-2-4-16-5-3-9/h2,6-7H,3-5H2,1H3. The van der Waals surface area contributed by atoms with E-state index in [1.165, 1.54) is 0 Å². The normalized spacial score (nSPS) is 15.7. The fourth-order valence-corrected chi connectivity index (χ4v) is 1.68. The maximum atomic E-state index is 10.9. The van der Waals surface area contributed by atoms with E-state index in [4.69, 9.17) is 4.74 Å². The van der Waals surface area contributed by atoms with Gasteiger partial charge >= 0.3 is 0 Å². The maximum absolute atomic E-state index is 10.9. The highest BCUT2D eigenvalue weighted by Gasteiger charge is 2.19. The molecule has 0 atom stereocenters. The Bertz CT molecular complexity index is 455. The highest BCUT2D eigenvalue weighted by atomic mass is 16.6. The summed E-state index contributed by atoms with van der Waals surface area (Å²) in [6, 6.07) is 1.55. The zero-order valence-electron chi connectivity index (χ0n) is 8.97. The number of nitrogens with zero attached hydrogens (tertiary/aromatic N) is 2. The SMILES string of the molecule is Cc1cnc(C2=CCOCC2)c([N+](=O)[O-])c1. The highest BCUT2D eigenvalue weighted by molar-refractivity contribution is 5.70. The maximum Gasteiger partial charge on any atom is 0.295 e. The van der Waals surface area contributed by atoms with Crippen LogP contribution in [0.5, 0.6) is 0 Å². The van der Waals surface area contributed by atoms with Crippen molar-refractivity contribution in [2.24, 2.45) is 0 Å². The van der Waals surface area contributed by atoms with Gasteiger partial charge in [-0.3, -0.25) is 10.1 Å². The number of pyridine rings is 1. The van der Waals surface area contributed by atoms with Crippen molar-refractivity contribution >= 4 is 11.3 Å². The van der Waals surface area contributed by atoms with Gasteiger partial charge in [-0.1, -0.05) is 6.08 Å². The lowest BCUT2D eigenvalue weighted by molar-refractivity contribution is -0.385. The zero-order chi connectivity index (χ0) is 11.5. The van der Waals surface area contributed by atoms with Crippen molar-refractivity contribution in [1.82, 2.24) is 4.98 Å². The molecule has 0 saturated heterocycles. The number of rotatable bonds is 2. The van der Waals surface area contributed by atoms with Crippen LogP contribution in [0.1, 0.15) is 17.7 Å². The summed E-state index contributed by atoms with van der Waals surface area (Å²) < 4.78 is 5.17. The predicted octanol–water partition coefficient (Wildman–Crippen LogP) is 2.10. The molecule has 2 rings (SSSR count). The van der Waals surface area contributed by atoms with Gasteiger partial charge in [0.1, 0.15) is 5.69 Å². The van der Waals surface area contributed by atoms with Gasteiger partial charge < -0.3 is 4.74 Å². The summed E-state index contributed by atoms with van der Waals surface area (Å²) in [6.45, 7) is 2.89. The average Bonchev–Trinajstić information content (AvgIpc) is 2.30. The summed E-state index contributed by atoms with van der Waals surface area (Å²) in [5, 5.41) is 10.9. The summed E-state index contributed by atoms with van der Waals surface area (Å²) in [5.74, 6) is 0. The van der Waals surface area contributed by atoms with Crippen LogP contribution in [-0.2, 0) is 4.74 Å². The van der Waals surface area contributed by atoms with Crippen molar-refractivity contribution in [2.75, 3.05) is 13.2 Å². The van der Waals surface area contributed by atoms with Crippen molar-refractivity contribution in [3.8, 4) is 0 Å². The summed E-state index contributed by atoms with van der Waals surface area (Å²) in [7, 11) is 0. The molecule has 0 saturated carbocycles. The first kappa shape index (κ1) is 10.8. The van der Waals surface area contributed by atoms with E-state index in [2.05, 4.69) is 4.98 Å². The van der Waals surface area contributed by atoms with Crippen LogP contribution in [0.15, 0.2) is 18.3 Å². The Labute approximate surface area is 92.9 Å². The van der Waals surface area contributed by atoms with Gasteiger partial charge in [-0.05, 0) is 24.5 Å². The molecule has 0 bridgehead atoms. The predicted molar refractivity (Wildman–Crippen MR) is 59.0 cm³/mol. The van der Waals surface area contributed by atoms with Crippen LogP contribution in [0.4, 0.5) is 5.69 Å². The molecule has 1 aromatic rings. The fourth-order valence-electron chi connectivity index (χ4n) is 1.68. The molecule has 1 aliphatic rings. The Kier molecular flexibility index (Phi) is 2.96. The van der Waals surface area contributed by atoms with Crippen LogP contribution in [0.3, 0.4) is 0 Å². The molecule has 2 heterocycles. The minimum absolute atomic E-state index is 0.0770. The van der Waals surface area contributed by atoms with E-state index in [0.717, 1.165) is 11.1 Å². The number of ether oxygens (including phenoxy) is 1. The Morgan fingerprint density at radius 3 is 3.00 bits per heavy atom. The van der Waals surface area contributed by atoms with Crippen LogP contribution in [0.2, 0.25) is 0 Å². The van der Waals surface area contributed by atoms with Crippen molar-refractivity contribution < 1.29 is 9.66 Å². The van der Waals surface area contributed by atoms with Crippen molar-refractivity contribution in [1.29, 1.82) is 0 Å². The second-order valence-corrected chi connectivity index (χ2v) is 3.69. The van der Waals surface area contributed by atoms with Gasteiger partial charge in [0.15, 0.2) is 0 Å². The topological polar surface area (TPSA) is 65.3 Å². The number of aryl methyl sites for hydroxylation is 1. The zero-order valence-corrected chi connectivity index (χ0v) is 8.97. The van der Waals surface area contributed by atoms with Crippen molar-refractivity contribution in [3.05, 3.63) is 39.7 Å². The molecule has 84 valence electrons. The van der Waals surface area contributed by atoms with Crippen molar-refractivity contribution in [2.45, 2.75) is 13.3 Å². The smallest absolute Gasteiger partial charge is 0.295 e. The van der Waals surface area contributed by atoms with Gasteiger partial charge in [-0.2, -0.15) is 0 Å². The molecule has 0 unspecified atom stereocenters. The lowest BCUT2D eigenvalue weighted by atomic mass is 10.0. The van der Waals surface area contributed by atoms with E-state index in [9.17, 15) is 10.1 Å². The number of aromatic nitrogens is 1. The quantitative estimate of drug-likeness (QED) is 0.565. The van der Waals surface area contributed by atoms with Crippen LogP contribution in [0.25, 0.3) is 5.57 Å². The first-order valence-electron chi connectivity index (χ1n) is 5.06. The van der Waals surface area contributed by atoms with Gasteiger partial charge in [0, 0.05) is 12.3 Å². The van der Waals surface area contributed by atoms with E-state index in [1.54, 1.807) is 19.2 Å². The second kappa shape index (κ2) is 4.40. The molecular formula is C11H12N2O3. The molecule has 0 radical (unpaired) electrons. The Balaban J connectivity index is 2.47. The van der Waals surface area contributed by atoms with E-state index in [1.807, 2.05) is 6.08 Å². The average molecular weight is 220 g/mol. The molecule has 5 heteroatoms. The van der Waals surface area contributed by atoms with E-state index in [-0.39, 0.29) is 10.6 Å². The summed E-state index contributed by atoms with van der Waals surface area (Å²) >= 11 is 0. The summed E-state index contributed by atoms with van der Waals surface area (Å²) in [4.78, 5) is 14.7. The Morgan fingerprint density at radius 2 is 2.38 bits per heavy atom. The summed E-state index contributed by atoms with van der Waals surface area (Å²) in [5.41, 5.74) is 2.24. The fraction of sp³-hybridized carbons (Fsp3) is 0.364. The molecule has 0 amide bonds. The van der Waals surface area contributed by atoms with Crippen LogP contribution >= 0.6 is 0 Å². The molecule has 0 spiro atoms. The van der Waals surface area contributed by atoms with Gasteiger partial charge in [0.25, 0.3) is 5.69 Å². The van der Waals surface area contributed by atoms with Gasteiger partial charge in [0.2, 0.25) is 0 Å². The minimum atomic E-state index is -0.383. The van der Waals surface area contributed by atoms with Gasteiger partial charge in [0.05, 0.1) is 18.1 Å². The van der Waals surface area contributed by atoms with E-state index >= 15 is 0 Å². The number of hydrogen-bond donors (Lipinski definition) is 0. The van der Waals surface area contributed by atoms with E-state index in [0.29, 0.717) is 25.3 Å². The molecule has 0 fully saturated rings. The molecule has 16 heavy (non-hydrogen) atoms. The lowest BCUT2D eigenvalue weighted by Crippen LogP contribution is -2.07. The largest absolute Gasteiger partial charge is 0.377 e. The lowest BCUT2D eigenvalue weighted by Gasteiger charge is -2.13. The molecule has 1 aliphatic heterocycles. The van der Waals surface area contributed by atoms with E-state index < -0.39 is 0 Å². The van der Waals surface area contributed by atoms with Crippen LogP contribution in [0, 0.1) is 17.0 Å². The van der Waals surface area contributed by atoms with Crippen LogP contribution < -0.4 is 0 Å². The van der Waals surface area contributed by atoms with Crippen molar-refractivity contribution in [3.63, 3.8) is 0 Å². The number of nitro groups is 1. The van der Waals surface area contributed by atoms with Gasteiger partial charge in [-0.15, -0.1) is 0 Å². The Hall–Kier alpha value is -1.75. The minimum Gasteiger partial charge on any atom is -0.377 e.